The highest BCUT2D eigenvalue weighted by molar-refractivity contribution is 5.13. The summed E-state index contributed by atoms with van der Waals surface area (Å²) < 4.78 is 0. The molecule has 0 aromatic carbocycles. The summed E-state index contributed by atoms with van der Waals surface area (Å²) in [7, 11) is 0. The molecule has 1 aliphatic rings. The Morgan fingerprint density at radius 2 is 2.12 bits per heavy atom. The molecular weight excluding hydrogens is 200 g/mol. The zero-order valence-corrected chi connectivity index (χ0v) is 9.76. The lowest BCUT2D eigenvalue weighted by molar-refractivity contribution is 0.114. The van der Waals surface area contributed by atoms with E-state index in [0.717, 1.165) is 25.7 Å². The molecule has 0 bridgehead atoms. The zero-order valence-electron chi connectivity index (χ0n) is 9.76. The van der Waals surface area contributed by atoms with E-state index in [1.54, 1.807) is 6.20 Å². The number of aromatic nitrogens is 1. The summed E-state index contributed by atoms with van der Waals surface area (Å²) in [5, 5.41) is 13.0. The first-order valence-electron chi connectivity index (χ1n) is 6.09. The van der Waals surface area contributed by atoms with Gasteiger partial charge in [-0.3, -0.25) is 4.98 Å². The van der Waals surface area contributed by atoms with Crippen molar-refractivity contribution in [3.63, 3.8) is 0 Å². The Morgan fingerprint density at radius 1 is 1.38 bits per heavy atom. The number of rotatable bonds is 3. The molecule has 16 heavy (non-hydrogen) atoms. The minimum Gasteiger partial charge on any atom is -0.393 e. The highest BCUT2D eigenvalue weighted by Crippen LogP contribution is 2.21. The molecule has 0 radical (unpaired) electrons. The van der Waals surface area contributed by atoms with Crippen molar-refractivity contribution >= 4 is 0 Å². The van der Waals surface area contributed by atoms with Gasteiger partial charge in [0.2, 0.25) is 0 Å². The van der Waals surface area contributed by atoms with Crippen LogP contribution in [0.3, 0.4) is 0 Å². The standard InChI is InChI=1S/C13H20N2O/c1-10(11-3-2-8-14-9-11)15-12-4-6-13(16)7-5-12/h2-3,8-10,12-13,15-16H,4-7H2,1H3. The van der Waals surface area contributed by atoms with Crippen LogP contribution >= 0.6 is 0 Å². The Labute approximate surface area is 96.9 Å². The first-order valence-corrected chi connectivity index (χ1v) is 6.09. The molecule has 3 heteroatoms. The molecule has 1 atom stereocenters. The van der Waals surface area contributed by atoms with Crippen molar-refractivity contribution in [1.29, 1.82) is 0 Å². The summed E-state index contributed by atoms with van der Waals surface area (Å²) in [5.74, 6) is 0. The highest BCUT2D eigenvalue weighted by Gasteiger charge is 2.20. The minimum atomic E-state index is -0.0771. The Balaban J connectivity index is 1.86. The largest absolute Gasteiger partial charge is 0.393 e. The Hall–Kier alpha value is -0.930. The van der Waals surface area contributed by atoms with Crippen molar-refractivity contribution in [3.8, 4) is 0 Å². The van der Waals surface area contributed by atoms with Crippen LogP contribution in [0, 0.1) is 0 Å². The van der Waals surface area contributed by atoms with Crippen LogP contribution in [-0.4, -0.2) is 22.2 Å². The fraction of sp³-hybridized carbons (Fsp3) is 0.615. The van der Waals surface area contributed by atoms with Crippen molar-refractivity contribution in [2.24, 2.45) is 0 Å². The van der Waals surface area contributed by atoms with E-state index in [4.69, 9.17) is 0 Å². The van der Waals surface area contributed by atoms with E-state index < -0.39 is 0 Å². The van der Waals surface area contributed by atoms with Crippen LogP contribution in [0.1, 0.15) is 44.2 Å². The summed E-state index contributed by atoms with van der Waals surface area (Å²) in [4.78, 5) is 4.13. The summed E-state index contributed by atoms with van der Waals surface area (Å²) in [5.41, 5.74) is 1.23. The van der Waals surface area contributed by atoms with Gasteiger partial charge in [0, 0.05) is 24.5 Å². The third-order valence-corrected chi connectivity index (χ3v) is 3.37. The van der Waals surface area contributed by atoms with Crippen LogP contribution in [0.15, 0.2) is 24.5 Å². The first-order chi connectivity index (χ1) is 7.75. The molecular formula is C13H20N2O. The molecule has 88 valence electrons. The molecule has 1 heterocycles. The molecule has 0 aliphatic heterocycles. The maximum Gasteiger partial charge on any atom is 0.0541 e. The SMILES string of the molecule is CC(NC1CCC(O)CC1)c1cccnc1. The molecule has 1 unspecified atom stereocenters. The normalized spacial score (nSPS) is 27.6. The molecule has 0 saturated heterocycles. The topological polar surface area (TPSA) is 45.1 Å². The van der Waals surface area contributed by atoms with Gasteiger partial charge in [-0.1, -0.05) is 6.07 Å². The predicted molar refractivity (Wildman–Crippen MR) is 64.1 cm³/mol. The van der Waals surface area contributed by atoms with Gasteiger partial charge in [-0.2, -0.15) is 0 Å². The lowest BCUT2D eigenvalue weighted by Crippen LogP contribution is -2.36. The number of aliphatic hydroxyl groups is 1. The summed E-state index contributed by atoms with van der Waals surface area (Å²) in [6.45, 7) is 2.17. The van der Waals surface area contributed by atoms with E-state index in [9.17, 15) is 5.11 Å². The van der Waals surface area contributed by atoms with Crippen LogP contribution in [0.25, 0.3) is 0 Å². The number of pyridine rings is 1. The van der Waals surface area contributed by atoms with Crippen LogP contribution in [0.2, 0.25) is 0 Å². The maximum atomic E-state index is 9.44. The number of aliphatic hydroxyl groups excluding tert-OH is 1. The van der Waals surface area contributed by atoms with Crippen molar-refractivity contribution in [2.75, 3.05) is 0 Å². The smallest absolute Gasteiger partial charge is 0.0541 e. The van der Waals surface area contributed by atoms with E-state index >= 15 is 0 Å². The molecule has 1 aromatic heterocycles. The fourth-order valence-corrected chi connectivity index (χ4v) is 2.32. The van der Waals surface area contributed by atoms with Gasteiger partial charge in [-0.15, -0.1) is 0 Å². The van der Waals surface area contributed by atoms with Gasteiger partial charge in [0.25, 0.3) is 0 Å². The maximum absolute atomic E-state index is 9.44. The minimum absolute atomic E-state index is 0.0771. The second kappa shape index (κ2) is 5.41. The molecule has 0 amide bonds. The Bertz CT molecular complexity index is 307. The van der Waals surface area contributed by atoms with E-state index in [1.807, 2.05) is 12.3 Å². The summed E-state index contributed by atoms with van der Waals surface area (Å²) >= 11 is 0. The average molecular weight is 220 g/mol. The van der Waals surface area contributed by atoms with Gasteiger partial charge in [-0.25, -0.2) is 0 Å². The number of hydrogen-bond acceptors (Lipinski definition) is 3. The number of nitrogens with one attached hydrogen (secondary N) is 1. The lowest BCUT2D eigenvalue weighted by atomic mass is 9.92. The van der Waals surface area contributed by atoms with Crippen LogP contribution in [-0.2, 0) is 0 Å². The van der Waals surface area contributed by atoms with Gasteiger partial charge in [0.1, 0.15) is 0 Å². The third kappa shape index (κ3) is 3.03. The third-order valence-electron chi connectivity index (χ3n) is 3.37. The zero-order chi connectivity index (χ0) is 11.4. The van der Waals surface area contributed by atoms with Crippen molar-refractivity contribution in [1.82, 2.24) is 10.3 Å². The van der Waals surface area contributed by atoms with Gasteiger partial charge < -0.3 is 10.4 Å². The van der Waals surface area contributed by atoms with Gasteiger partial charge in [-0.05, 0) is 44.2 Å². The van der Waals surface area contributed by atoms with Crippen LogP contribution in [0.5, 0.6) is 0 Å². The molecule has 2 N–H and O–H groups in total. The van der Waals surface area contributed by atoms with E-state index in [0.29, 0.717) is 12.1 Å². The molecule has 2 rings (SSSR count). The molecule has 1 saturated carbocycles. The van der Waals surface area contributed by atoms with E-state index in [1.165, 1.54) is 5.56 Å². The van der Waals surface area contributed by atoms with Crippen LogP contribution < -0.4 is 5.32 Å². The molecule has 3 nitrogen and oxygen atoms in total. The predicted octanol–water partition coefficient (Wildman–Crippen LogP) is 2.04. The molecule has 1 fully saturated rings. The Kier molecular flexibility index (Phi) is 3.91. The monoisotopic (exact) mass is 220 g/mol. The van der Waals surface area contributed by atoms with E-state index in [2.05, 4.69) is 23.3 Å². The Morgan fingerprint density at radius 3 is 2.75 bits per heavy atom. The number of hydrogen-bond donors (Lipinski definition) is 2. The van der Waals surface area contributed by atoms with Crippen molar-refractivity contribution < 1.29 is 5.11 Å². The molecule has 0 spiro atoms. The average Bonchev–Trinajstić information content (AvgIpc) is 2.33. The second-order valence-electron chi connectivity index (χ2n) is 4.68. The fourth-order valence-electron chi connectivity index (χ4n) is 2.32. The van der Waals surface area contributed by atoms with Crippen molar-refractivity contribution in [2.45, 2.75) is 50.8 Å². The molecule has 1 aromatic rings. The summed E-state index contributed by atoms with van der Waals surface area (Å²) in [6, 6.07) is 4.95. The van der Waals surface area contributed by atoms with Crippen molar-refractivity contribution in [3.05, 3.63) is 30.1 Å². The summed E-state index contributed by atoms with van der Waals surface area (Å²) in [6.07, 6.45) is 7.64. The van der Waals surface area contributed by atoms with Gasteiger partial charge in [0.05, 0.1) is 6.10 Å². The number of nitrogens with zero attached hydrogens (tertiary/aromatic N) is 1. The first kappa shape index (κ1) is 11.6. The van der Waals surface area contributed by atoms with Crippen LogP contribution in [0.4, 0.5) is 0 Å². The van der Waals surface area contributed by atoms with E-state index in [-0.39, 0.29) is 6.10 Å². The molecule has 1 aliphatic carbocycles. The quantitative estimate of drug-likeness (QED) is 0.819. The second-order valence-corrected chi connectivity index (χ2v) is 4.68. The van der Waals surface area contributed by atoms with Gasteiger partial charge in [0.15, 0.2) is 0 Å². The highest BCUT2D eigenvalue weighted by atomic mass is 16.3. The van der Waals surface area contributed by atoms with Gasteiger partial charge >= 0.3 is 0 Å². The lowest BCUT2D eigenvalue weighted by Gasteiger charge is -2.29.